The molecule has 0 fully saturated rings. The van der Waals surface area contributed by atoms with Crippen molar-refractivity contribution < 1.29 is 12.8 Å². The molecule has 0 aliphatic carbocycles. The van der Waals surface area contributed by atoms with Gasteiger partial charge in [-0.2, -0.15) is 5.26 Å². The van der Waals surface area contributed by atoms with Crippen LogP contribution in [0.3, 0.4) is 0 Å². The van der Waals surface area contributed by atoms with Gasteiger partial charge in [0.15, 0.2) is 0 Å². The SMILES string of the molecule is CN(C)CCS(=O)(=O)Nc1cncc(-c2ccc3ncc(C#N)c(Nc4ccc(F)c(Cl)c4)c3n2)c1. The first-order valence-corrected chi connectivity index (χ1v) is 12.7. The second-order valence-corrected chi connectivity index (χ2v) is 10.4. The Morgan fingerprint density at radius 2 is 1.92 bits per heavy atom. The van der Waals surface area contributed by atoms with Gasteiger partial charge in [-0.15, -0.1) is 0 Å². The first-order valence-electron chi connectivity index (χ1n) is 10.7. The number of fused-ring (bicyclic) bond motifs is 1. The van der Waals surface area contributed by atoms with E-state index in [0.717, 1.165) is 0 Å². The maximum absolute atomic E-state index is 13.6. The van der Waals surface area contributed by atoms with Crippen molar-refractivity contribution in [2.24, 2.45) is 0 Å². The Bertz CT molecular complexity index is 1590. The van der Waals surface area contributed by atoms with Crippen LogP contribution in [-0.2, 0) is 10.0 Å². The Kier molecular flexibility index (Phi) is 7.30. The van der Waals surface area contributed by atoms with Gasteiger partial charge in [0.25, 0.3) is 0 Å². The van der Waals surface area contributed by atoms with E-state index in [4.69, 9.17) is 11.6 Å². The Morgan fingerprint density at radius 3 is 2.64 bits per heavy atom. The summed E-state index contributed by atoms with van der Waals surface area (Å²) >= 11 is 5.91. The zero-order valence-corrected chi connectivity index (χ0v) is 20.9. The molecule has 36 heavy (non-hydrogen) atoms. The van der Waals surface area contributed by atoms with E-state index >= 15 is 0 Å². The molecule has 3 heterocycles. The molecule has 0 aliphatic heterocycles. The minimum Gasteiger partial charge on any atom is -0.353 e. The monoisotopic (exact) mass is 525 g/mol. The molecule has 0 radical (unpaired) electrons. The van der Waals surface area contributed by atoms with E-state index in [0.29, 0.717) is 45.9 Å². The van der Waals surface area contributed by atoms with Gasteiger partial charge < -0.3 is 10.2 Å². The highest BCUT2D eigenvalue weighted by atomic mass is 35.5. The van der Waals surface area contributed by atoms with Gasteiger partial charge in [-0.25, -0.2) is 17.8 Å². The Labute approximate surface area is 212 Å². The third kappa shape index (κ3) is 5.85. The van der Waals surface area contributed by atoms with E-state index in [9.17, 15) is 18.1 Å². The number of nitriles is 1. The van der Waals surface area contributed by atoms with E-state index in [-0.39, 0.29) is 16.3 Å². The number of aromatic nitrogens is 3. The van der Waals surface area contributed by atoms with Gasteiger partial charge in [0, 0.05) is 30.2 Å². The fourth-order valence-corrected chi connectivity index (χ4v) is 4.68. The molecule has 0 unspecified atom stereocenters. The van der Waals surface area contributed by atoms with E-state index in [2.05, 4.69) is 31.1 Å². The minimum absolute atomic E-state index is 0.0660. The quantitative estimate of drug-likeness (QED) is 0.347. The van der Waals surface area contributed by atoms with Crippen molar-refractivity contribution in [2.75, 3.05) is 36.4 Å². The number of hydrogen-bond donors (Lipinski definition) is 2. The third-order valence-corrected chi connectivity index (χ3v) is 6.69. The van der Waals surface area contributed by atoms with Crippen LogP contribution in [-0.4, -0.2) is 54.7 Å². The number of benzene rings is 1. The largest absolute Gasteiger partial charge is 0.353 e. The van der Waals surface area contributed by atoms with Crippen LogP contribution in [0.25, 0.3) is 22.3 Å². The molecule has 3 aromatic heterocycles. The lowest BCUT2D eigenvalue weighted by molar-refractivity contribution is 0.432. The molecule has 9 nitrogen and oxygen atoms in total. The summed E-state index contributed by atoms with van der Waals surface area (Å²) in [7, 11) is 0.0243. The molecule has 0 atom stereocenters. The standard InChI is InChI=1S/C24H21ClFN7O2S/c1-33(2)7-8-36(34,35)32-18-9-15(12-28-14-18)21-5-6-22-24(31-21)23(16(11-27)13-29-22)30-17-3-4-20(26)19(25)10-17/h3-6,9-10,12-14,32H,7-8H2,1-2H3,(H,29,30). The Hall–Kier alpha value is -3.85. The van der Waals surface area contributed by atoms with Crippen molar-refractivity contribution in [2.45, 2.75) is 0 Å². The summed E-state index contributed by atoms with van der Waals surface area (Å²) in [6, 6.07) is 11.3. The molecule has 12 heteroatoms. The van der Waals surface area contributed by atoms with Gasteiger partial charge in [0.05, 0.1) is 45.1 Å². The summed E-state index contributed by atoms with van der Waals surface area (Å²) in [5.41, 5.74) is 3.33. The number of pyridine rings is 3. The Morgan fingerprint density at radius 1 is 1.11 bits per heavy atom. The van der Waals surface area contributed by atoms with Crippen molar-refractivity contribution in [3.63, 3.8) is 0 Å². The highest BCUT2D eigenvalue weighted by Crippen LogP contribution is 2.31. The minimum atomic E-state index is -3.57. The molecule has 0 saturated heterocycles. The third-order valence-electron chi connectivity index (χ3n) is 5.14. The summed E-state index contributed by atoms with van der Waals surface area (Å²) in [4.78, 5) is 14.9. The van der Waals surface area contributed by atoms with Crippen LogP contribution in [0.5, 0.6) is 0 Å². The maximum Gasteiger partial charge on any atom is 0.234 e. The van der Waals surface area contributed by atoms with Gasteiger partial charge in [-0.3, -0.25) is 14.7 Å². The number of nitrogens with zero attached hydrogens (tertiary/aromatic N) is 5. The van der Waals surface area contributed by atoms with Crippen molar-refractivity contribution in [1.29, 1.82) is 5.26 Å². The Balaban J connectivity index is 1.72. The molecule has 4 rings (SSSR count). The normalized spacial score (nSPS) is 11.4. The molecular weight excluding hydrogens is 505 g/mol. The van der Waals surface area contributed by atoms with Crippen molar-refractivity contribution in [3.8, 4) is 17.3 Å². The van der Waals surface area contributed by atoms with Crippen molar-refractivity contribution in [1.82, 2.24) is 19.9 Å². The molecule has 184 valence electrons. The number of nitrogens with one attached hydrogen (secondary N) is 2. The van der Waals surface area contributed by atoms with Crippen LogP contribution >= 0.6 is 11.6 Å². The van der Waals surface area contributed by atoms with Crippen molar-refractivity contribution >= 4 is 49.7 Å². The van der Waals surface area contributed by atoms with Gasteiger partial charge >= 0.3 is 0 Å². The molecule has 4 aromatic rings. The van der Waals surface area contributed by atoms with Crippen LogP contribution in [0.15, 0.2) is 55.0 Å². The highest BCUT2D eigenvalue weighted by Gasteiger charge is 2.15. The smallest absolute Gasteiger partial charge is 0.234 e. The number of anilines is 3. The number of halogens is 2. The maximum atomic E-state index is 13.6. The van der Waals surface area contributed by atoms with E-state index in [1.165, 1.54) is 30.6 Å². The molecule has 1 aromatic carbocycles. The van der Waals surface area contributed by atoms with Crippen LogP contribution in [0.1, 0.15) is 5.56 Å². The summed E-state index contributed by atoms with van der Waals surface area (Å²) in [5, 5.41) is 12.7. The zero-order valence-electron chi connectivity index (χ0n) is 19.3. The van der Waals surface area contributed by atoms with Gasteiger partial charge in [-0.05, 0) is 50.5 Å². The van der Waals surface area contributed by atoms with Gasteiger partial charge in [0.1, 0.15) is 17.4 Å². The lowest BCUT2D eigenvalue weighted by Crippen LogP contribution is -2.26. The second kappa shape index (κ2) is 10.4. The predicted molar refractivity (Wildman–Crippen MR) is 138 cm³/mol. The highest BCUT2D eigenvalue weighted by molar-refractivity contribution is 7.92. The predicted octanol–water partition coefficient (Wildman–Crippen LogP) is 4.40. The number of rotatable bonds is 8. The first kappa shape index (κ1) is 25.2. The van der Waals surface area contributed by atoms with E-state index in [1.54, 1.807) is 43.4 Å². The molecule has 0 bridgehead atoms. The summed E-state index contributed by atoms with van der Waals surface area (Å²) in [6.45, 7) is 0.373. The summed E-state index contributed by atoms with van der Waals surface area (Å²) in [5.74, 6) is -0.629. The average molecular weight is 526 g/mol. The molecule has 2 N–H and O–H groups in total. The van der Waals surface area contributed by atoms with Crippen LogP contribution in [0.4, 0.5) is 21.5 Å². The van der Waals surface area contributed by atoms with Crippen LogP contribution < -0.4 is 10.0 Å². The fraction of sp³-hybridized carbons (Fsp3) is 0.167. The lowest BCUT2D eigenvalue weighted by Gasteiger charge is -2.13. The first-order chi connectivity index (χ1) is 17.1. The molecule has 0 aliphatic rings. The van der Waals surface area contributed by atoms with E-state index < -0.39 is 15.8 Å². The van der Waals surface area contributed by atoms with Crippen molar-refractivity contribution in [3.05, 3.63) is 71.4 Å². The van der Waals surface area contributed by atoms with E-state index in [1.807, 2.05) is 0 Å². The van der Waals surface area contributed by atoms with Gasteiger partial charge in [0.2, 0.25) is 10.0 Å². The van der Waals surface area contributed by atoms with Gasteiger partial charge in [-0.1, -0.05) is 11.6 Å². The number of sulfonamides is 1. The molecule has 0 saturated carbocycles. The second-order valence-electron chi connectivity index (χ2n) is 8.16. The molecule has 0 spiro atoms. The number of hydrogen-bond acceptors (Lipinski definition) is 8. The zero-order chi connectivity index (χ0) is 25.9. The van der Waals surface area contributed by atoms with Crippen LogP contribution in [0.2, 0.25) is 5.02 Å². The fourth-order valence-electron chi connectivity index (χ4n) is 3.33. The average Bonchev–Trinajstić information content (AvgIpc) is 2.85. The molecular formula is C24H21ClFN7O2S. The molecule has 0 amide bonds. The lowest BCUT2D eigenvalue weighted by atomic mass is 10.1. The summed E-state index contributed by atoms with van der Waals surface area (Å²) < 4.78 is 40.9. The van der Waals surface area contributed by atoms with Crippen LogP contribution in [0, 0.1) is 17.1 Å². The summed E-state index contributed by atoms with van der Waals surface area (Å²) in [6.07, 6.45) is 4.39. The topological polar surface area (TPSA) is 124 Å².